The quantitative estimate of drug-likeness (QED) is 0.747. The number of aliphatic carboxylic acids is 1. The molecule has 9 heteroatoms. The van der Waals surface area contributed by atoms with Gasteiger partial charge in [0.1, 0.15) is 5.82 Å². The monoisotopic (exact) mass is 335 g/mol. The molecule has 0 aliphatic carbocycles. The number of aromatic nitrogens is 2. The molecule has 0 amide bonds. The maximum absolute atomic E-state index is 10.6. The zero-order valence-corrected chi connectivity index (χ0v) is 12.0. The van der Waals surface area contributed by atoms with E-state index in [2.05, 4.69) is 15.3 Å². The highest BCUT2D eigenvalue weighted by Crippen LogP contribution is 2.24. The predicted octanol–water partition coefficient (Wildman–Crippen LogP) is 3.27. The zero-order valence-electron chi connectivity index (χ0n) is 11.2. The number of imidazole rings is 1. The number of carbonyl (C=O) groups is 1. The van der Waals surface area contributed by atoms with Gasteiger partial charge < -0.3 is 15.4 Å². The molecule has 0 radical (unpaired) electrons. The lowest BCUT2D eigenvalue weighted by Gasteiger charge is -2.04. The molecule has 2 heterocycles. The topological polar surface area (TPSA) is 78.0 Å². The van der Waals surface area contributed by atoms with E-state index in [1.165, 1.54) is 6.42 Å². The molecule has 1 aliphatic heterocycles. The van der Waals surface area contributed by atoms with Crippen LogP contribution in [0.1, 0.15) is 24.7 Å². The minimum Gasteiger partial charge on any atom is -0.475 e. The summed E-state index contributed by atoms with van der Waals surface area (Å²) < 4.78 is 31.7. The molecule has 3 N–H and O–H groups in total. The summed E-state index contributed by atoms with van der Waals surface area (Å²) >= 11 is 5.92. The molecule has 22 heavy (non-hydrogen) atoms. The number of carboxylic acid groups (broad SMARTS) is 1. The number of aromatic amines is 1. The van der Waals surface area contributed by atoms with Crippen molar-refractivity contribution in [1.29, 1.82) is 0 Å². The van der Waals surface area contributed by atoms with E-state index in [-0.39, 0.29) is 0 Å². The summed E-state index contributed by atoms with van der Waals surface area (Å²) in [7, 11) is 0. The van der Waals surface area contributed by atoms with Crippen LogP contribution in [-0.4, -0.2) is 33.8 Å². The van der Waals surface area contributed by atoms with Crippen LogP contribution in [-0.2, 0) is 4.79 Å². The Hall–Kier alpha value is -1.80. The van der Waals surface area contributed by atoms with E-state index < -0.39 is 12.1 Å². The van der Waals surface area contributed by atoms with Gasteiger partial charge in [-0.15, -0.1) is 0 Å². The Labute approximate surface area is 128 Å². The van der Waals surface area contributed by atoms with Crippen LogP contribution < -0.4 is 5.32 Å². The van der Waals surface area contributed by atoms with Gasteiger partial charge in [-0.1, -0.05) is 11.6 Å². The second kappa shape index (κ2) is 6.53. The van der Waals surface area contributed by atoms with Crippen molar-refractivity contribution in [2.24, 2.45) is 0 Å². The van der Waals surface area contributed by atoms with E-state index in [0.717, 1.165) is 34.8 Å². The molecule has 1 aromatic carbocycles. The van der Waals surface area contributed by atoms with Crippen molar-refractivity contribution in [1.82, 2.24) is 15.3 Å². The summed E-state index contributed by atoms with van der Waals surface area (Å²) in [5.41, 5.74) is 2.01. The molecule has 2 aromatic rings. The Morgan fingerprint density at radius 1 is 1.41 bits per heavy atom. The Morgan fingerprint density at radius 3 is 2.64 bits per heavy atom. The number of rotatable bonds is 1. The summed E-state index contributed by atoms with van der Waals surface area (Å²) in [4.78, 5) is 16.8. The Kier molecular flexibility index (Phi) is 4.92. The lowest BCUT2D eigenvalue weighted by molar-refractivity contribution is -0.192. The van der Waals surface area contributed by atoms with Gasteiger partial charge in [-0.2, -0.15) is 13.2 Å². The molecule has 120 valence electrons. The fraction of sp³-hybridized carbons (Fsp3) is 0.385. The lowest BCUT2D eigenvalue weighted by atomic mass is 10.2. The van der Waals surface area contributed by atoms with Crippen LogP contribution in [0.2, 0.25) is 5.02 Å². The maximum Gasteiger partial charge on any atom is 0.490 e. The molecule has 1 aromatic heterocycles. The van der Waals surface area contributed by atoms with Crippen LogP contribution in [0.25, 0.3) is 11.0 Å². The molecular formula is C13H13ClF3N3O2. The number of fused-ring (bicyclic) bond motifs is 1. The van der Waals surface area contributed by atoms with Gasteiger partial charge in [0.15, 0.2) is 0 Å². The van der Waals surface area contributed by atoms with E-state index in [1.807, 2.05) is 18.2 Å². The third kappa shape index (κ3) is 4.11. The van der Waals surface area contributed by atoms with Crippen molar-refractivity contribution >= 4 is 28.6 Å². The number of benzene rings is 1. The average molecular weight is 336 g/mol. The first kappa shape index (κ1) is 16.6. The minimum atomic E-state index is -5.08. The molecule has 0 unspecified atom stereocenters. The summed E-state index contributed by atoms with van der Waals surface area (Å²) in [6.45, 7) is 1.09. The van der Waals surface area contributed by atoms with Gasteiger partial charge in [-0.25, -0.2) is 9.78 Å². The maximum atomic E-state index is 10.6. The molecule has 1 fully saturated rings. The van der Waals surface area contributed by atoms with Crippen LogP contribution in [0.15, 0.2) is 18.2 Å². The molecule has 0 spiro atoms. The largest absolute Gasteiger partial charge is 0.490 e. The third-order valence-electron chi connectivity index (χ3n) is 3.10. The molecule has 3 rings (SSSR count). The second-order valence-corrected chi connectivity index (χ2v) is 5.17. The van der Waals surface area contributed by atoms with Crippen molar-refractivity contribution < 1.29 is 23.1 Å². The number of nitrogens with zero attached hydrogens (tertiary/aromatic N) is 1. The van der Waals surface area contributed by atoms with E-state index in [0.29, 0.717) is 6.04 Å². The van der Waals surface area contributed by atoms with Gasteiger partial charge in [0.25, 0.3) is 0 Å². The molecular weight excluding hydrogens is 323 g/mol. The summed E-state index contributed by atoms with van der Waals surface area (Å²) in [5.74, 6) is -1.72. The summed E-state index contributed by atoms with van der Waals surface area (Å²) in [6.07, 6.45) is -2.70. The van der Waals surface area contributed by atoms with Gasteiger partial charge >= 0.3 is 12.1 Å². The molecule has 5 nitrogen and oxygen atoms in total. The van der Waals surface area contributed by atoms with Crippen molar-refractivity contribution in [3.05, 3.63) is 29.0 Å². The van der Waals surface area contributed by atoms with Crippen LogP contribution in [0.3, 0.4) is 0 Å². The zero-order chi connectivity index (χ0) is 16.3. The van der Waals surface area contributed by atoms with Crippen LogP contribution in [0, 0.1) is 0 Å². The van der Waals surface area contributed by atoms with Crippen LogP contribution in [0.5, 0.6) is 0 Å². The number of H-pyrrole nitrogens is 1. The summed E-state index contributed by atoms with van der Waals surface area (Å²) in [5, 5.41) is 11.3. The van der Waals surface area contributed by atoms with Gasteiger partial charge in [-0.3, -0.25) is 0 Å². The Balaban J connectivity index is 0.000000217. The van der Waals surface area contributed by atoms with E-state index in [4.69, 9.17) is 21.5 Å². The number of nitrogens with one attached hydrogen (secondary N) is 2. The van der Waals surface area contributed by atoms with Crippen molar-refractivity contribution in [2.45, 2.75) is 25.1 Å². The van der Waals surface area contributed by atoms with Gasteiger partial charge in [0, 0.05) is 5.02 Å². The summed E-state index contributed by atoms with van der Waals surface area (Å²) in [6, 6.07) is 6.13. The first-order valence-corrected chi connectivity index (χ1v) is 6.84. The molecule has 1 atom stereocenters. The second-order valence-electron chi connectivity index (χ2n) is 4.74. The number of alkyl halides is 3. The first-order valence-electron chi connectivity index (χ1n) is 6.46. The lowest BCUT2D eigenvalue weighted by Crippen LogP contribution is -2.21. The Bertz CT molecular complexity index is 666. The van der Waals surface area contributed by atoms with Gasteiger partial charge in [0.2, 0.25) is 0 Å². The van der Waals surface area contributed by atoms with Gasteiger partial charge in [0.05, 0.1) is 17.1 Å². The highest BCUT2D eigenvalue weighted by Gasteiger charge is 2.38. The SMILES string of the molecule is Clc1ccc2nc([C@@H]3CCCN3)[nH]c2c1.O=C(O)C(F)(F)F. The smallest absolute Gasteiger partial charge is 0.475 e. The van der Waals surface area contributed by atoms with Crippen LogP contribution in [0.4, 0.5) is 13.2 Å². The molecule has 1 saturated heterocycles. The number of hydrogen-bond donors (Lipinski definition) is 3. The number of halogens is 4. The third-order valence-corrected chi connectivity index (χ3v) is 3.33. The normalized spacial score (nSPS) is 18.1. The highest BCUT2D eigenvalue weighted by atomic mass is 35.5. The van der Waals surface area contributed by atoms with Crippen LogP contribution >= 0.6 is 11.6 Å². The highest BCUT2D eigenvalue weighted by molar-refractivity contribution is 6.31. The van der Waals surface area contributed by atoms with Crippen molar-refractivity contribution in [3.63, 3.8) is 0 Å². The van der Waals surface area contributed by atoms with Crippen molar-refractivity contribution in [2.75, 3.05) is 6.54 Å². The number of carboxylic acids is 1. The van der Waals surface area contributed by atoms with Crippen molar-refractivity contribution in [3.8, 4) is 0 Å². The van der Waals surface area contributed by atoms with E-state index >= 15 is 0 Å². The first-order chi connectivity index (χ1) is 10.3. The predicted molar refractivity (Wildman–Crippen MR) is 74.8 cm³/mol. The van der Waals surface area contributed by atoms with E-state index in [9.17, 15) is 13.2 Å². The van der Waals surface area contributed by atoms with E-state index in [1.54, 1.807) is 0 Å². The molecule has 1 aliphatic rings. The fourth-order valence-electron chi connectivity index (χ4n) is 2.08. The average Bonchev–Trinajstić information content (AvgIpc) is 3.06. The molecule has 0 bridgehead atoms. The van der Waals surface area contributed by atoms with Gasteiger partial charge in [-0.05, 0) is 37.6 Å². The molecule has 0 saturated carbocycles. The minimum absolute atomic E-state index is 0.385. The fourth-order valence-corrected chi connectivity index (χ4v) is 2.26. The Morgan fingerprint density at radius 2 is 2.09 bits per heavy atom. The number of hydrogen-bond acceptors (Lipinski definition) is 3. The standard InChI is InChI=1S/C11H12ClN3.C2HF3O2/c12-7-3-4-8-10(6-7)15-11(14-8)9-2-1-5-13-9;3-2(4,5)1(6)7/h3-4,6,9,13H,1-2,5H2,(H,14,15);(H,6,7)/t9-;/m0./s1.